The van der Waals surface area contributed by atoms with Gasteiger partial charge in [0.1, 0.15) is 11.6 Å². The van der Waals surface area contributed by atoms with Gasteiger partial charge in [-0.2, -0.15) is 0 Å². The molecule has 18 heavy (non-hydrogen) atoms. The molecule has 0 spiro atoms. The fraction of sp³-hybridized carbons (Fsp3) is 0.286. The van der Waals surface area contributed by atoms with Crippen molar-refractivity contribution in [1.82, 2.24) is 9.97 Å². The van der Waals surface area contributed by atoms with Crippen LogP contribution in [0.4, 0.5) is 5.82 Å². The number of para-hydroxylation sites is 1. The Morgan fingerprint density at radius 3 is 2.61 bits per heavy atom. The van der Waals surface area contributed by atoms with Crippen molar-refractivity contribution >= 4 is 5.82 Å². The molecule has 1 heterocycles. The minimum Gasteiger partial charge on any atom is -0.493 e. The van der Waals surface area contributed by atoms with Crippen LogP contribution >= 0.6 is 0 Å². The van der Waals surface area contributed by atoms with Crippen molar-refractivity contribution in [2.75, 3.05) is 18.5 Å². The van der Waals surface area contributed by atoms with E-state index in [9.17, 15) is 0 Å². The smallest absolute Gasteiger partial charge is 0.144 e. The van der Waals surface area contributed by atoms with Gasteiger partial charge in [-0.25, -0.2) is 4.98 Å². The van der Waals surface area contributed by atoms with Crippen LogP contribution in [0.3, 0.4) is 0 Å². The lowest BCUT2D eigenvalue weighted by atomic mass is 10.1. The number of rotatable bonds is 5. The maximum atomic E-state index is 5.59. The van der Waals surface area contributed by atoms with Gasteiger partial charge >= 0.3 is 0 Å². The first kappa shape index (κ1) is 12.4. The molecule has 4 nitrogen and oxygen atoms in total. The van der Waals surface area contributed by atoms with E-state index < -0.39 is 0 Å². The zero-order valence-corrected chi connectivity index (χ0v) is 10.7. The number of nitrogens with zero attached hydrogens (tertiary/aromatic N) is 2. The van der Waals surface area contributed by atoms with Crippen LogP contribution in [0.15, 0.2) is 36.7 Å². The van der Waals surface area contributed by atoms with Crippen molar-refractivity contribution in [3.05, 3.63) is 36.7 Å². The lowest BCUT2D eigenvalue weighted by Crippen LogP contribution is -2.00. The molecule has 1 N–H and O–H groups in total. The number of anilines is 1. The third-order valence-corrected chi connectivity index (χ3v) is 2.47. The normalized spacial score (nSPS) is 10.1. The molecule has 1 aromatic carbocycles. The maximum Gasteiger partial charge on any atom is 0.144 e. The van der Waals surface area contributed by atoms with Gasteiger partial charge in [-0.15, -0.1) is 0 Å². The minimum atomic E-state index is 0.639. The zero-order valence-electron chi connectivity index (χ0n) is 10.7. The summed E-state index contributed by atoms with van der Waals surface area (Å²) in [7, 11) is 0. The summed E-state index contributed by atoms with van der Waals surface area (Å²) in [6, 6.07) is 7.85. The summed E-state index contributed by atoms with van der Waals surface area (Å²) in [5.74, 6) is 1.63. The largest absolute Gasteiger partial charge is 0.493 e. The average Bonchev–Trinajstić information content (AvgIpc) is 2.41. The van der Waals surface area contributed by atoms with Gasteiger partial charge in [0.05, 0.1) is 24.7 Å². The molecule has 1 aromatic heterocycles. The Morgan fingerprint density at radius 2 is 1.94 bits per heavy atom. The van der Waals surface area contributed by atoms with Crippen molar-refractivity contribution in [1.29, 1.82) is 0 Å². The number of ether oxygens (including phenoxy) is 1. The molecule has 0 unspecified atom stereocenters. The SMILES string of the molecule is CCNc1cnc(-c2ccccc2OCC)cn1. The molecule has 0 aliphatic rings. The lowest BCUT2D eigenvalue weighted by molar-refractivity contribution is 0.341. The van der Waals surface area contributed by atoms with Crippen molar-refractivity contribution in [2.24, 2.45) is 0 Å². The number of hydrogen-bond donors (Lipinski definition) is 1. The summed E-state index contributed by atoms with van der Waals surface area (Å²) in [6.45, 7) is 5.47. The Labute approximate surface area is 107 Å². The molecule has 0 saturated heterocycles. The van der Waals surface area contributed by atoms with Crippen LogP contribution in [0.5, 0.6) is 5.75 Å². The highest BCUT2D eigenvalue weighted by Crippen LogP contribution is 2.27. The predicted molar refractivity (Wildman–Crippen MR) is 72.8 cm³/mol. The molecule has 0 fully saturated rings. The molecule has 0 radical (unpaired) electrons. The van der Waals surface area contributed by atoms with Gasteiger partial charge < -0.3 is 10.1 Å². The van der Waals surface area contributed by atoms with E-state index in [0.717, 1.165) is 29.4 Å². The number of nitrogens with one attached hydrogen (secondary N) is 1. The molecule has 4 heteroatoms. The summed E-state index contributed by atoms with van der Waals surface area (Å²) in [4.78, 5) is 8.72. The fourth-order valence-corrected chi connectivity index (χ4v) is 1.70. The molecule has 2 aromatic rings. The van der Waals surface area contributed by atoms with E-state index in [4.69, 9.17) is 4.74 Å². The van der Waals surface area contributed by atoms with E-state index in [1.165, 1.54) is 0 Å². The predicted octanol–water partition coefficient (Wildman–Crippen LogP) is 2.97. The standard InChI is InChI=1S/C14H17N3O/c1-3-15-14-10-16-12(9-17-14)11-7-5-6-8-13(11)18-4-2/h5-10H,3-4H2,1-2H3,(H,15,17). The van der Waals surface area contributed by atoms with Crippen LogP contribution in [-0.4, -0.2) is 23.1 Å². The number of aromatic nitrogens is 2. The monoisotopic (exact) mass is 243 g/mol. The van der Waals surface area contributed by atoms with E-state index in [-0.39, 0.29) is 0 Å². The quantitative estimate of drug-likeness (QED) is 0.877. The molecule has 0 aliphatic heterocycles. The molecular formula is C14H17N3O. The van der Waals surface area contributed by atoms with E-state index in [1.54, 1.807) is 12.4 Å². The molecular weight excluding hydrogens is 226 g/mol. The highest BCUT2D eigenvalue weighted by molar-refractivity contribution is 5.66. The molecule has 94 valence electrons. The molecule has 0 atom stereocenters. The average molecular weight is 243 g/mol. The van der Waals surface area contributed by atoms with Crippen molar-refractivity contribution in [3.63, 3.8) is 0 Å². The number of hydrogen-bond acceptors (Lipinski definition) is 4. The van der Waals surface area contributed by atoms with E-state index >= 15 is 0 Å². The first-order valence-corrected chi connectivity index (χ1v) is 6.13. The van der Waals surface area contributed by atoms with Crippen molar-refractivity contribution in [3.8, 4) is 17.0 Å². The summed E-state index contributed by atoms with van der Waals surface area (Å²) < 4.78 is 5.59. The van der Waals surface area contributed by atoms with Gasteiger partial charge in [0, 0.05) is 12.1 Å². The van der Waals surface area contributed by atoms with Crippen LogP contribution in [0, 0.1) is 0 Å². The van der Waals surface area contributed by atoms with Crippen LogP contribution in [0.1, 0.15) is 13.8 Å². The van der Waals surface area contributed by atoms with Gasteiger partial charge in [-0.3, -0.25) is 4.98 Å². The fourth-order valence-electron chi connectivity index (χ4n) is 1.70. The van der Waals surface area contributed by atoms with Gasteiger partial charge in [0.25, 0.3) is 0 Å². The summed E-state index contributed by atoms with van der Waals surface area (Å²) in [5.41, 5.74) is 1.79. The Bertz CT molecular complexity index is 497. The van der Waals surface area contributed by atoms with Gasteiger partial charge in [0.2, 0.25) is 0 Å². The third kappa shape index (κ3) is 2.77. The van der Waals surface area contributed by atoms with Crippen LogP contribution < -0.4 is 10.1 Å². The first-order chi connectivity index (χ1) is 8.85. The van der Waals surface area contributed by atoms with Gasteiger partial charge in [-0.1, -0.05) is 12.1 Å². The molecule has 0 saturated carbocycles. The third-order valence-electron chi connectivity index (χ3n) is 2.47. The highest BCUT2D eigenvalue weighted by atomic mass is 16.5. The van der Waals surface area contributed by atoms with Crippen LogP contribution in [0.25, 0.3) is 11.3 Å². The second kappa shape index (κ2) is 6.00. The molecule has 0 amide bonds. The Kier molecular flexibility index (Phi) is 4.12. The Balaban J connectivity index is 2.30. The Morgan fingerprint density at radius 1 is 1.11 bits per heavy atom. The van der Waals surface area contributed by atoms with Crippen molar-refractivity contribution in [2.45, 2.75) is 13.8 Å². The van der Waals surface area contributed by atoms with Crippen LogP contribution in [-0.2, 0) is 0 Å². The van der Waals surface area contributed by atoms with Crippen LogP contribution in [0.2, 0.25) is 0 Å². The van der Waals surface area contributed by atoms with E-state index in [0.29, 0.717) is 6.61 Å². The molecule has 2 rings (SSSR count). The van der Waals surface area contributed by atoms with E-state index in [2.05, 4.69) is 15.3 Å². The second-order valence-corrected chi connectivity index (χ2v) is 3.75. The first-order valence-electron chi connectivity index (χ1n) is 6.13. The second-order valence-electron chi connectivity index (χ2n) is 3.75. The zero-order chi connectivity index (χ0) is 12.8. The summed E-state index contributed by atoms with van der Waals surface area (Å²) in [5, 5.41) is 3.12. The van der Waals surface area contributed by atoms with E-state index in [1.807, 2.05) is 38.1 Å². The highest BCUT2D eigenvalue weighted by Gasteiger charge is 2.06. The minimum absolute atomic E-state index is 0.639. The van der Waals surface area contributed by atoms with Gasteiger partial charge in [-0.05, 0) is 26.0 Å². The number of benzene rings is 1. The Hall–Kier alpha value is -2.10. The molecule has 0 bridgehead atoms. The summed E-state index contributed by atoms with van der Waals surface area (Å²) in [6.07, 6.45) is 3.50. The maximum absolute atomic E-state index is 5.59. The lowest BCUT2D eigenvalue weighted by Gasteiger charge is -2.09. The van der Waals surface area contributed by atoms with Crippen molar-refractivity contribution < 1.29 is 4.74 Å². The van der Waals surface area contributed by atoms with Gasteiger partial charge in [0.15, 0.2) is 0 Å². The summed E-state index contributed by atoms with van der Waals surface area (Å²) >= 11 is 0. The topological polar surface area (TPSA) is 47.0 Å². The molecule has 0 aliphatic carbocycles.